The molecule has 0 aliphatic heterocycles. The number of anilines is 1. The van der Waals surface area contributed by atoms with Crippen molar-refractivity contribution in [3.05, 3.63) is 66.0 Å². The smallest absolute Gasteiger partial charge is 0.276 e. The van der Waals surface area contributed by atoms with Gasteiger partial charge in [0.15, 0.2) is 5.69 Å². The lowest BCUT2D eigenvalue weighted by molar-refractivity contribution is 0.102. The fourth-order valence-corrected chi connectivity index (χ4v) is 2.91. The van der Waals surface area contributed by atoms with Crippen LogP contribution in [0, 0.1) is 6.92 Å². The minimum absolute atomic E-state index is 0.247. The lowest BCUT2D eigenvalue weighted by Crippen LogP contribution is -2.13. The highest BCUT2D eigenvalue weighted by Crippen LogP contribution is 2.24. The lowest BCUT2D eigenvalue weighted by atomic mass is 10.2. The predicted molar refractivity (Wildman–Crippen MR) is 101 cm³/mol. The van der Waals surface area contributed by atoms with Crippen molar-refractivity contribution >= 4 is 23.4 Å². The van der Waals surface area contributed by atoms with Gasteiger partial charge in [0.05, 0.1) is 7.11 Å². The Balaban J connectivity index is 1.83. The van der Waals surface area contributed by atoms with Crippen molar-refractivity contribution in [2.75, 3.05) is 18.7 Å². The summed E-state index contributed by atoms with van der Waals surface area (Å²) < 4.78 is 7.03. The van der Waals surface area contributed by atoms with Crippen LogP contribution in [0.15, 0.2) is 59.6 Å². The molecular weight excluding hydrogens is 334 g/mol. The number of thioether (sulfide) groups is 1. The van der Waals surface area contributed by atoms with Crippen LogP contribution in [0.2, 0.25) is 0 Å². The molecule has 0 fully saturated rings. The van der Waals surface area contributed by atoms with Crippen LogP contribution in [0.5, 0.6) is 5.75 Å². The van der Waals surface area contributed by atoms with E-state index in [9.17, 15) is 4.79 Å². The van der Waals surface area contributed by atoms with E-state index in [1.165, 1.54) is 0 Å². The Bertz CT molecular complexity index is 905. The maximum Gasteiger partial charge on any atom is 0.276 e. The largest absolute Gasteiger partial charge is 0.494 e. The Morgan fingerprint density at radius 3 is 2.80 bits per heavy atom. The van der Waals surface area contributed by atoms with Crippen LogP contribution in [-0.4, -0.2) is 29.1 Å². The van der Waals surface area contributed by atoms with Gasteiger partial charge in [-0.1, -0.05) is 12.1 Å². The number of aromatic nitrogens is 2. The third-order valence-corrected chi connectivity index (χ3v) is 4.46. The highest BCUT2D eigenvalue weighted by molar-refractivity contribution is 7.98. The Morgan fingerprint density at radius 1 is 1.20 bits per heavy atom. The number of amides is 1. The zero-order valence-corrected chi connectivity index (χ0v) is 15.1. The Labute approximate surface area is 151 Å². The van der Waals surface area contributed by atoms with Gasteiger partial charge in [-0.15, -0.1) is 11.8 Å². The summed E-state index contributed by atoms with van der Waals surface area (Å²) in [5.74, 6) is 0.456. The third-order valence-electron chi connectivity index (χ3n) is 3.73. The van der Waals surface area contributed by atoms with E-state index < -0.39 is 0 Å². The molecule has 0 atom stereocenters. The maximum absolute atomic E-state index is 12.5. The summed E-state index contributed by atoms with van der Waals surface area (Å²) in [5, 5.41) is 7.27. The lowest BCUT2D eigenvalue weighted by Gasteiger charge is -2.09. The molecule has 2 aromatic carbocycles. The summed E-state index contributed by atoms with van der Waals surface area (Å²) in [5.41, 5.74) is 2.98. The molecule has 0 saturated carbocycles. The molecule has 25 heavy (non-hydrogen) atoms. The summed E-state index contributed by atoms with van der Waals surface area (Å²) in [6.45, 7) is 2.00. The summed E-state index contributed by atoms with van der Waals surface area (Å²) in [6.07, 6.45) is 3.75. The molecule has 128 valence electrons. The number of ether oxygens (including phenoxy) is 1. The number of benzene rings is 2. The van der Waals surface area contributed by atoms with E-state index in [1.54, 1.807) is 35.8 Å². The number of rotatable bonds is 5. The molecule has 0 spiro atoms. The summed E-state index contributed by atoms with van der Waals surface area (Å²) >= 11 is 1.63. The summed E-state index contributed by atoms with van der Waals surface area (Å²) in [7, 11) is 1.62. The van der Waals surface area contributed by atoms with Gasteiger partial charge in [-0.05, 0) is 55.1 Å². The average Bonchev–Trinajstić information content (AvgIpc) is 3.12. The van der Waals surface area contributed by atoms with Crippen molar-refractivity contribution in [2.24, 2.45) is 0 Å². The summed E-state index contributed by atoms with van der Waals surface area (Å²) in [4.78, 5) is 13.5. The van der Waals surface area contributed by atoms with Crippen LogP contribution in [0.25, 0.3) is 5.69 Å². The van der Waals surface area contributed by atoms with Crippen molar-refractivity contribution in [1.82, 2.24) is 9.78 Å². The van der Waals surface area contributed by atoms with Gasteiger partial charge in [0, 0.05) is 16.8 Å². The van der Waals surface area contributed by atoms with Crippen molar-refractivity contribution in [1.29, 1.82) is 0 Å². The van der Waals surface area contributed by atoms with Crippen molar-refractivity contribution in [3.63, 3.8) is 0 Å². The molecule has 0 bridgehead atoms. The van der Waals surface area contributed by atoms with Gasteiger partial charge in [0.2, 0.25) is 0 Å². The molecule has 1 aromatic heterocycles. The number of hydrogen-bond donors (Lipinski definition) is 1. The molecule has 0 aliphatic carbocycles. The van der Waals surface area contributed by atoms with E-state index in [1.807, 2.05) is 55.6 Å². The molecule has 1 heterocycles. The monoisotopic (exact) mass is 353 g/mol. The third kappa shape index (κ3) is 3.85. The topological polar surface area (TPSA) is 56.1 Å². The number of aryl methyl sites for hydroxylation is 1. The van der Waals surface area contributed by atoms with E-state index in [0.717, 1.165) is 21.8 Å². The molecule has 0 aliphatic rings. The molecular formula is C19H19N3O2S. The van der Waals surface area contributed by atoms with Gasteiger partial charge in [-0.25, -0.2) is 4.68 Å². The molecule has 0 unspecified atom stereocenters. The van der Waals surface area contributed by atoms with Crippen molar-refractivity contribution < 1.29 is 9.53 Å². The van der Waals surface area contributed by atoms with E-state index in [-0.39, 0.29) is 5.91 Å². The van der Waals surface area contributed by atoms with Crippen LogP contribution in [0.1, 0.15) is 16.1 Å². The molecule has 0 radical (unpaired) electrons. The molecule has 5 nitrogen and oxygen atoms in total. The number of carbonyl (C=O) groups is 1. The minimum Gasteiger partial charge on any atom is -0.494 e. The summed E-state index contributed by atoms with van der Waals surface area (Å²) in [6, 6.07) is 15.2. The van der Waals surface area contributed by atoms with E-state index >= 15 is 0 Å². The molecule has 1 amide bonds. The van der Waals surface area contributed by atoms with Crippen LogP contribution in [-0.2, 0) is 0 Å². The fraction of sp³-hybridized carbons (Fsp3) is 0.158. The van der Waals surface area contributed by atoms with E-state index in [2.05, 4.69) is 10.4 Å². The first-order chi connectivity index (χ1) is 12.1. The highest BCUT2D eigenvalue weighted by atomic mass is 32.2. The van der Waals surface area contributed by atoms with Crippen LogP contribution in [0.4, 0.5) is 5.69 Å². The zero-order valence-electron chi connectivity index (χ0n) is 14.3. The zero-order chi connectivity index (χ0) is 17.8. The Morgan fingerprint density at radius 2 is 2.04 bits per heavy atom. The first kappa shape index (κ1) is 17.1. The number of hydrogen-bond acceptors (Lipinski definition) is 4. The second-order valence-electron chi connectivity index (χ2n) is 5.51. The highest BCUT2D eigenvalue weighted by Gasteiger charge is 2.13. The van der Waals surface area contributed by atoms with Gasteiger partial charge in [0.1, 0.15) is 11.4 Å². The molecule has 0 saturated heterocycles. The average molecular weight is 353 g/mol. The minimum atomic E-state index is -0.247. The van der Waals surface area contributed by atoms with Gasteiger partial charge in [-0.3, -0.25) is 4.79 Å². The second-order valence-corrected chi connectivity index (χ2v) is 6.39. The van der Waals surface area contributed by atoms with Crippen LogP contribution >= 0.6 is 11.8 Å². The Kier molecular flexibility index (Phi) is 5.09. The second kappa shape index (κ2) is 7.44. The first-order valence-electron chi connectivity index (χ1n) is 7.77. The normalized spacial score (nSPS) is 10.5. The SMILES string of the molecule is COc1ccc(C)cc1-n1ccc(C(=O)Nc2cccc(SC)c2)n1. The van der Waals surface area contributed by atoms with Gasteiger partial charge < -0.3 is 10.1 Å². The molecule has 1 N–H and O–H groups in total. The quantitative estimate of drug-likeness (QED) is 0.700. The van der Waals surface area contributed by atoms with Crippen molar-refractivity contribution in [3.8, 4) is 11.4 Å². The fourth-order valence-electron chi connectivity index (χ4n) is 2.45. The Hall–Kier alpha value is -2.73. The van der Waals surface area contributed by atoms with Gasteiger partial charge in [-0.2, -0.15) is 5.10 Å². The van der Waals surface area contributed by atoms with Crippen molar-refractivity contribution in [2.45, 2.75) is 11.8 Å². The number of nitrogens with one attached hydrogen (secondary N) is 1. The van der Waals surface area contributed by atoms with E-state index in [0.29, 0.717) is 11.4 Å². The number of methoxy groups -OCH3 is 1. The van der Waals surface area contributed by atoms with E-state index in [4.69, 9.17) is 4.74 Å². The van der Waals surface area contributed by atoms with Gasteiger partial charge in [0.25, 0.3) is 5.91 Å². The standard InChI is InChI=1S/C19H19N3O2S/c1-13-7-8-18(24-2)17(11-13)22-10-9-16(21-22)19(23)20-14-5-4-6-15(12-14)25-3/h4-12H,1-3H3,(H,20,23). The number of nitrogens with zero attached hydrogens (tertiary/aromatic N) is 2. The number of carbonyl (C=O) groups excluding carboxylic acids is 1. The molecule has 6 heteroatoms. The first-order valence-corrected chi connectivity index (χ1v) is 8.99. The van der Waals surface area contributed by atoms with Gasteiger partial charge >= 0.3 is 0 Å². The molecule has 3 rings (SSSR count). The predicted octanol–water partition coefficient (Wildman–Crippen LogP) is 4.16. The maximum atomic E-state index is 12.5. The van der Waals surface area contributed by atoms with Crippen LogP contribution < -0.4 is 10.1 Å². The molecule has 3 aromatic rings. The van der Waals surface area contributed by atoms with Crippen LogP contribution in [0.3, 0.4) is 0 Å².